The predicted octanol–water partition coefficient (Wildman–Crippen LogP) is 2.89. The molecule has 2 aromatic carbocycles. The minimum absolute atomic E-state index is 0.0342. The van der Waals surface area contributed by atoms with Crippen LogP contribution in [0.5, 0.6) is 5.75 Å². The van der Waals surface area contributed by atoms with E-state index in [9.17, 15) is 22.8 Å². The fraction of sp³-hybridized carbons (Fsp3) is 0.300. The van der Waals surface area contributed by atoms with E-state index < -0.39 is 17.9 Å². The van der Waals surface area contributed by atoms with Gasteiger partial charge in [0.1, 0.15) is 17.6 Å². The summed E-state index contributed by atoms with van der Waals surface area (Å²) in [6, 6.07) is 11.5. The molecule has 0 unspecified atom stereocenters. The third-order valence-corrected chi connectivity index (χ3v) is 5.68. The molecule has 1 fully saturated rings. The van der Waals surface area contributed by atoms with E-state index >= 15 is 0 Å². The van der Waals surface area contributed by atoms with Gasteiger partial charge in [0.15, 0.2) is 0 Å². The molecule has 1 heterocycles. The molecule has 1 aliphatic rings. The van der Waals surface area contributed by atoms with E-state index in [0.29, 0.717) is 16.9 Å². The van der Waals surface area contributed by atoms with Gasteiger partial charge in [-0.05, 0) is 35.7 Å². The lowest BCUT2D eigenvalue weighted by Gasteiger charge is -2.28. The van der Waals surface area contributed by atoms with Crippen LogP contribution in [0.25, 0.3) is 0 Å². The Bertz CT molecular complexity index is 864. The largest absolute Gasteiger partial charge is 0.435 e. The second-order valence-electron chi connectivity index (χ2n) is 6.42. The van der Waals surface area contributed by atoms with Gasteiger partial charge in [0, 0.05) is 12.3 Å². The van der Waals surface area contributed by atoms with E-state index in [1.807, 2.05) is 0 Å². The number of hydrogen-bond donors (Lipinski definition) is 2. The van der Waals surface area contributed by atoms with Crippen LogP contribution in [-0.2, 0) is 22.6 Å². The summed E-state index contributed by atoms with van der Waals surface area (Å²) in [5.41, 5.74) is 1.16. The van der Waals surface area contributed by atoms with E-state index in [4.69, 9.17) is 0 Å². The lowest BCUT2D eigenvalue weighted by molar-refractivity contribution is -0.128. The topological polar surface area (TPSA) is 67.4 Å². The van der Waals surface area contributed by atoms with E-state index in [-0.39, 0.29) is 36.3 Å². The van der Waals surface area contributed by atoms with Crippen molar-refractivity contribution in [1.82, 2.24) is 10.6 Å². The van der Waals surface area contributed by atoms with Crippen molar-refractivity contribution in [2.75, 3.05) is 5.75 Å². The highest BCUT2D eigenvalue weighted by Gasteiger charge is 2.32. The molecule has 0 aliphatic carbocycles. The van der Waals surface area contributed by atoms with Gasteiger partial charge in [-0.2, -0.15) is 8.78 Å². The SMILES string of the molecule is O=C(NCc1ccc(OC(F)F)cc1)[C@@H]1CS[C@@H](Cc2ccccc2F)C(=O)N1. The quantitative estimate of drug-likeness (QED) is 0.717. The summed E-state index contributed by atoms with van der Waals surface area (Å²) in [5, 5.41) is 4.92. The number of hydrogen-bond acceptors (Lipinski definition) is 4. The molecule has 29 heavy (non-hydrogen) atoms. The first-order chi connectivity index (χ1) is 13.9. The molecule has 2 atom stereocenters. The van der Waals surface area contributed by atoms with E-state index in [1.165, 1.54) is 30.0 Å². The first kappa shape index (κ1) is 21.0. The molecule has 1 saturated heterocycles. The molecule has 154 valence electrons. The Morgan fingerprint density at radius 3 is 2.59 bits per heavy atom. The molecule has 2 N–H and O–H groups in total. The molecule has 0 saturated carbocycles. The van der Waals surface area contributed by atoms with Gasteiger partial charge in [-0.1, -0.05) is 30.3 Å². The van der Waals surface area contributed by atoms with E-state index in [2.05, 4.69) is 15.4 Å². The van der Waals surface area contributed by atoms with Gasteiger partial charge in [-0.3, -0.25) is 9.59 Å². The maximum absolute atomic E-state index is 13.8. The lowest BCUT2D eigenvalue weighted by atomic mass is 10.1. The smallest absolute Gasteiger partial charge is 0.387 e. The van der Waals surface area contributed by atoms with Crippen molar-refractivity contribution < 1.29 is 27.5 Å². The van der Waals surface area contributed by atoms with Crippen LogP contribution in [0.1, 0.15) is 11.1 Å². The summed E-state index contributed by atoms with van der Waals surface area (Å²) >= 11 is 1.31. The Morgan fingerprint density at radius 1 is 1.21 bits per heavy atom. The maximum Gasteiger partial charge on any atom is 0.387 e. The van der Waals surface area contributed by atoms with Gasteiger partial charge < -0.3 is 15.4 Å². The second-order valence-corrected chi connectivity index (χ2v) is 7.65. The summed E-state index contributed by atoms with van der Waals surface area (Å²) in [5.74, 6) is -0.600. The average molecular weight is 424 g/mol. The number of alkyl halides is 2. The maximum atomic E-state index is 13.8. The Kier molecular flexibility index (Phi) is 7.03. The van der Waals surface area contributed by atoms with Gasteiger partial charge in [-0.15, -0.1) is 11.8 Å². The summed E-state index contributed by atoms with van der Waals surface area (Å²) in [6.07, 6.45) is 0.255. The molecule has 9 heteroatoms. The zero-order valence-corrected chi connectivity index (χ0v) is 16.1. The predicted molar refractivity (Wildman–Crippen MR) is 103 cm³/mol. The number of rotatable bonds is 7. The fourth-order valence-corrected chi connectivity index (χ4v) is 4.03. The normalized spacial score (nSPS) is 19.0. The van der Waals surface area contributed by atoms with Crippen molar-refractivity contribution in [1.29, 1.82) is 0 Å². The minimum atomic E-state index is -2.89. The number of benzene rings is 2. The molecule has 0 aromatic heterocycles. The third-order valence-electron chi connectivity index (χ3n) is 4.37. The van der Waals surface area contributed by atoms with Crippen LogP contribution in [0.2, 0.25) is 0 Å². The summed E-state index contributed by atoms with van der Waals surface area (Å²) in [6.45, 7) is -2.71. The number of ether oxygens (including phenoxy) is 1. The number of halogens is 3. The molecule has 5 nitrogen and oxygen atoms in total. The van der Waals surface area contributed by atoms with E-state index in [0.717, 1.165) is 0 Å². The molecule has 1 aliphatic heterocycles. The number of carbonyl (C=O) groups excluding carboxylic acids is 2. The molecule has 0 bridgehead atoms. The first-order valence-electron chi connectivity index (χ1n) is 8.89. The summed E-state index contributed by atoms with van der Waals surface area (Å²) < 4.78 is 42.3. The molecule has 3 rings (SSSR count). The summed E-state index contributed by atoms with van der Waals surface area (Å²) in [7, 11) is 0. The molecular formula is C20H19F3N2O3S. The standard InChI is InChI=1S/C20H19F3N2O3S/c21-15-4-2-1-3-13(15)9-17-19(27)25-16(11-29-17)18(26)24-10-12-5-7-14(8-6-12)28-20(22)23/h1-8,16-17,20H,9-11H2,(H,24,26)(H,25,27)/t16-,17-/m0/s1. The van der Waals surface area contributed by atoms with Gasteiger partial charge >= 0.3 is 6.61 Å². The molecule has 0 radical (unpaired) electrons. The zero-order valence-electron chi connectivity index (χ0n) is 15.2. The first-order valence-corrected chi connectivity index (χ1v) is 9.94. The van der Waals surface area contributed by atoms with Gasteiger partial charge in [-0.25, -0.2) is 4.39 Å². The monoisotopic (exact) mass is 424 g/mol. The van der Waals surface area contributed by atoms with Crippen LogP contribution in [0, 0.1) is 5.82 Å². The highest BCUT2D eigenvalue weighted by molar-refractivity contribution is 8.00. The van der Waals surface area contributed by atoms with Gasteiger partial charge in [0.25, 0.3) is 0 Å². The van der Waals surface area contributed by atoms with Crippen LogP contribution < -0.4 is 15.4 Å². The molecule has 2 amide bonds. The van der Waals surface area contributed by atoms with Gasteiger partial charge in [0.05, 0.1) is 5.25 Å². The van der Waals surface area contributed by atoms with Crippen LogP contribution in [0.4, 0.5) is 13.2 Å². The Morgan fingerprint density at radius 2 is 1.93 bits per heavy atom. The van der Waals surface area contributed by atoms with Crippen molar-refractivity contribution in [3.05, 3.63) is 65.5 Å². The van der Waals surface area contributed by atoms with Crippen molar-refractivity contribution in [2.24, 2.45) is 0 Å². The van der Waals surface area contributed by atoms with Crippen LogP contribution in [0.15, 0.2) is 48.5 Å². The lowest BCUT2D eigenvalue weighted by Crippen LogP contribution is -2.54. The number of carbonyl (C=O) groups is 2. The summed E-state index contributed by atoms with van der Waals surface area (Å²) in [4.78, 5) is 24.6. The number of thioether (sulfide) groups is 1. The second kappa shape index (κ2) is 9.69. The molecule has 2 aromatic rings. The van der Waals surface area contributed by atoms with Crippen LogP contribution in [-0.4, -0.2) is 35.5 Å². The van der Waals surface area contributed by atoms with Gasteiger partial charge in [0.2, 0.25) is 11.8 Å². The minimum Gasteiger partial charge on any atom is -0.435 e. The zero-order chi connectivity index (χ0) is 20.8. The van der Waals surface area contributed by atoms with E-state index in [1.54, 1.807) is 30.3 Å². The fourth-order valence-electron chi connectivity index (χ4n) is 2.85. The van der Waals surface area contributed by atoms with Crippen molar-refractivity contribution in [3.63, 3.8) is 0 Å². The van der Waals surface area contributed by atoms with Crippen LogP contribution in [0.3, 0.4) is 0 Å². The Hall–Kier alpha value is -2.68. The molecular weight excluding hydrogens is 405 g/mol. The Labute approximate surface area is 170 Å². The average Bonchev–Trinajstić information content (AvgIpc) is 2.70. The van der Waals surface area contributed by atoms with Crippen molar-refractivity contribution >= 4 is 23.6 Å². The highest BCUT2D eigenvalue weighted by atomic mass is 32.2. The van der Waals surface area contributed by atoms with Crippen molar-refractivity contribution in [3.8, 4) is 5.75 Å². The number of amides is 2. The van der Waals surface area contributed by atoms with Crippen molar-refractivity contribution in [2.45, 2.75) is 30.9 Å². The molecule has 0 spiro atoms. The van der Waals surface area contributed by atoms with Crippen LogP contribution >= 0.6 is 11.8 Å². The third kappa shape index (κ3) is 5.90. The highest BCUT2D eigenvalue weighted by Crippen LogP contribution is 2.23. The Balaban J connectivity index is 1.48. The number of nitrogens with one attached hydrogen (secondary N) is 2.